The van der Waals surface area contributed by atoms with Crippen molar-refractivity contribution < 1.29 is 9.26 Å². The van der Waals surface area contributed by atoms with Gasteiger partial charge in [-0.15, -0.1) is 0 Å². The number of methoxy groups -OCH3 is 1. The molecule has 0 N–H and O–H groups in total. The summed E-state index contributed by atoms with van der Waals surface area (Å²) in [4.78, 5) is 4.54. The molecule has 4 rings (SSSR count). The van der Waals surface area contributed by atoms with E-state index in [0.717, 1.165) is 28.9 Å². The van der Waals surface area contributed by atoms with E-state index in [9.17, 15) is 0 Å². The number of benzene rings is 2. The standard InChI is InChI=1S/C20H18N4O2/c1-3-24-17(11-12-21-24)14-7-6-8-15(13-14)19-22-20(26-23-19)16-9-4-5-10-18(16)25-2/h4-13H,3H2,1-2H3. The Bertz CT molecular complexity index is 1040. The molecule has 130 valence electrons. The van der Waals surface area contributed by atoms with E-state index in [1.165, 1.54) is 0 Å². The molecule has 4 aromatic rings. The van der Waals surface area contributed by atoms with Crippen molar-refractivity contribution in [2.75, 3.05) is 7.11 Å². The second-order valence-electron chi connectivity index (χ2n) is 5.74. The maximum Gasteiger partial charge on any atom is 0.262 e. The van der Waals surface area contributed by atoms with Crippen LogP contribution in [-0.2, 0) is 6.54 Å². The molecule has 0 atom stereocenters. The third kappa shape index (κ3) is 2.86. The van der Waals surface area contributed by atoms with Crippen LogP contribution >= 0.6 is 0 Å². The molecule has 0 unspecified atom stereocenters. The Morgan fingerprint density at radius 1 is 1.04 bits per heavy atom. The molecule has 26 heavy (non-hydrogen) atoms. The Hall–Kier alpha value is -3.41. The molecule has 0 saturated heterocycles. The molecule has 0 aliphatic carbocycles. The minimum Gasteiger partial charge on any atom is -0.496 e. The zero-order valence-electron chi connectivity index (χ0n) is 14.6. The number of aromatic nitrogens is 4. The summed E-state index contributed by atoms with van der Waals surface area (Å²) in [5.41, 5.74) is 3.78. The van der Waals surface area contributed by atoms with Gasteiger partial charge in [-0.25, -0.2) is 0 Å². The normalized spacial score (nSPS) is 10.8. The highest BCUT2D eigenvalue weighted by molar-refractivity contribution is 5.69. The highest BCUT2D eigenvalue weighted by atomic mass is 16.5. The first kappa shape index (κ1) is 16.1. The van der Waals surface area contributed by atoms with E-state index in [1.807, 2.05) is 59.3 Å². The number of rotatable bonds is 5. The van der Waals surface area contributed by atoms with Crippen LogP contribution in [0.2, 0.25) is 0 Å². The van der Waals surface area contributed by atoms with Crippen LogP contribution in [0, 0.1) is 0 Å². The molecule has 2 aromatic carbocycles. The molecule has 0 aliphatic heterocycles. The molecular weight excluding hydrogens is 328 g/mol. The van der Waals surface area contributed by atoms with Gasteiger partial charge in [-0.1, -0.05) is 35.5 Å². The number of nitrogens with zero attached hydrogens (tertiary/aromatic N) is 4. The van der Waals surface area contributed by atoms with Gasteiger partial charge in [-0.05, 0) is 31.2 Å². The predicted molar refractivity (Wildman–Crippen MR) is 98.6 cm³/mol. The van der Waals surface area contributed by atoms with E-state index in [1.54, 1.807) is 13.3 Å². The number of hydrogen-bond acceptors (Lipinski definition) is 5. The zero-order chi connectivity index (χ0) is 17.9. The molecule has 6 nitrogen and oxygen atoms in total. The molecule has 0 spiro atoms. The van der Waals surface area contributed by atoms with Crippen molar-refractivity contribution >= 4 is 0 Å². The highest BCUT2D eigenvalue weighted by Gasteiger charge is 2.15. The van der Waals surface area contributed by atoms with E-state index in [0.29, 0.717) is 17.5 Å². The summed E-state index contributed by atoms with van der Waals surface area (Å²) in [7, 11) is 1.62. The van der Waals surface area contributed by atoms with Crippen molar-refractivity contribution in [3.05, 3.63) is 60.8 Å². The minimum absolute atomic E-state index is 0.432. The lowest BCUT2D eigenvalue weighted by Crippen LogP contribution is -1.98. The van der Waals surface area contributed by atoms with Crippen LogP contribution in [0.3, 0.4) is 0 Å². The van der Waals surface area contributed by atoms with Gasteiger partial charge in [-0.2, -0.15) is 10.1 Å². The average molecular weight is 346 g/mol. The zero-order valence-corrected chi connectivity index (χ0v) is 14.6. The quantitative estimate of drug-likeness (QED) is 0.539. The van der Waals surface area contributed by atoms with Gasteiger partial charge < -0.3 is 9.26 Å². The Kier molecular flexibility index (Phi) is 4.23. The number of ether oxygens (including phenoxy) is 1. The molecule has 2 aromatic heterocycles. The first-order valence-corrected chi connectivity index (χ1v) is 8.40. The maximum absolute atomic E-state index is 5.46. The van der Waals surface area contributed by atoms with Crippen LogP contribution in [0.15, 0.2) is 65.3 Å². The topological polar surface area (TPSA) is 66.0 Å². The maximum atomic E-state index is 5.46. The van der Waals surface area contributed by atoms with Gasteiger partial charge in [0.2, 0.25) is 5.82 Å². The van der Waals surface area contributed by atoms with Crippen molar-refractivity contribution in [2.45, 2.75) is 13.5 Å². The Balaban J connectivity index is 1.71. The van der Waals surface area contributed by atoms with Crippen molar-refractivity contribution in [2.24, 2.45) is 0 Å². The summed E-state index contributed by atoms with van der Waals surface area (Å²) in [5.74, 6) is 1.67. The van der Waals surface area contributed by atoms with E-state index in [-0.39, 0.29) is 0 Å². The fourth-order valence-electron chi connectivity index (χ4n) is 2.92. The fraction of sp³-hybridized carbons (Fsp3) is 0.150. The number of aryl methyl sites for hydroxylation is 1. The first-order chi connectivity index (χ1) is 12.8. The van der Waals surface area contributed by atoms with E-state index in [2.05, 4.69) is 22.2 Å². The smallest absolute Gasteiger partial charge is 0.262 e. The fourth-order valence-corrected chi connectivity index (χ4v) is 2.92. The lowest BCUT2D eigenvalue weighted by molar-refractivity contribution is 0.405. The average Bonchev–Trinajstić information content (AvgIpc) is 3.37. The van der Waals surface area contributed by atoms with Gasteiger partial charge in [0.25, 0.3) is 5.89 Å². The molecule has 0 fully saturated rings. The van der Waals surface area contributed by atoms with Gasteiger partial charge in [0.15, 0.2) is 0 Å². The number of hydrogen-bond donors (Lipinski definition) is 0. The van der Waals surface area contributed by atoms with Crippen LogP contribution < -0.4 is 4.74 Å². The molecule has 2 heterocycles. The first-order valence-electron chi connectivity index (χ1n) is 8.40. The molecule has 6 heteroatoms. The summed E-state index contributed by atoms with van der Waals surface area (Å²) < 4.78 is 12.8. The number of para-hydroxylation sites is 1. The van der Waals surface area contributed by atoms with Crippen LogP contribution in [0.25, 0.3) is 34.1 Å². The van der Waals surface area contributed by atoms with Gasteiger partial charge >= 0.3 is 0 Å². The summed E-state index contributed by atoms with van der Waals surface area (Å²) in [6, 6.07) is 17.6. The summed E-state index contributed by atoms with van der Waals surface area (Å²) >= 11 is 0. The highest BCUT2D eigenvalue weighted by Crippen LogP contribution is 2.31. The molecule has 0 bridgehead atoms. The van der Waals surface area contributed by atoms with Crippen LogP contribution in [0.4, 0.5) is 0 Å². The molecular formula is C20H18N4O2. The van der Waals surface area contributed by atoms with E-state index in [4.69, 9.17) is 9.26 Å². The molecule has 0 amide bonds. The molecule has 0 saturated carbocycles. The minimum atomic E-state index is 0.432. The molecule has 0 aliphatic rings. The third-order valence-corrected chi connectivity index (χ3v) is 4.20. The van der Waals surface area contributed by atoms with Gasteiger partial charge in [0.05, 0.1) is 18.4 Å². The molecule has 0 radical (unpaired) electrons. The second kappa shape index (κ2) is 6.84. The predicted octanol–water partition coefficient (Wildman–Crippen LogP) is 4.30. The van der Waals surface area contributed by atoms with Crippen molar-refractivity contribution in [1.29, 1.82) is 0 Å². The van der Waals surface area contributed by atoms with Gasteiger partial charge in [-0.3, -0.25) is 4.68 Å². The summed E-state index contributed by atoms with van der Waals surface area (Å²) in [6.07, 6.45) is 1.81. The lowest BCUT2D eigenvalue weighted by Gasteiger charge is -2.05. The van der Waals surface area contributed by atoms with E-state index >= 15 is 0 Å². The Labute approximate surface area is 151 Å². The largest absolute Gasteiger partial charge is 0.496 e. The van der Waals surface area contributed by atoms with E-state index < -0.39 is 0 Å². The SMILES string of the molecule is CCn1nccc1-c1cccc(-c2noc(-c3ccccc3OC)n2)c1. The lowest BCUT2D eigenvalue weighted by atomic mass is 10.1. The van der Waals surface area contributed by atoms with Crippen LogP contribution in [-0.4, -0.2) is 27.0 Å². The van der Waals surface area contributed by atoms with Gasteiger partial charge in [0.1, 0.15) is 5.75 Å². The summed E-state index contributed by atoms with van der Waals surface area (Å²) in [6.45, 7) is 2.88. The summed E-state index contributed by atoms with van der Waals surface area (Å²) in [5, 5.41) is 8.47. The Morgan fingerprint density at radius 3 is 2.73 bits per heavy atom. The van der Waals surface area contributed by atoms with Gasteiger partial charge in [0, 0.05) is 23.9 Å². The van der Waals surface area contributed by atoms with Crippen molar-refractivity contribution in [3.8, 4) is 39.8 Å². The monoisotopic (exact) mass is 346 g/mol. The Morgan fingerprint density at radius 2 is 1.88 bits per heavy atom. The third-order valence-electron chi connectivity index (χ3n) is 4.20. The van der Waals surface area contributed by atoms with Crippen LogP contribution in [0.1, 0.15) is 6.92 Å². The van der Waals surface area contributed by atoms with Crippen molar-refractivity contribution in [1.82, 2.24) is 19.9 Å². The van der Waals surface area contributed by atoms with Crippen molar-refractivity contribution in [3.63, 3.8) is 0 Å². The second-order valence-corrected chi connectivity index (χ2v) is 5.74. The van der Waals surface area contributed by atoms with Crippen LogP contribution in [0.5, 0.6) is 5.75 Å².